The summed E-state index contributed by atoms with van der Waals surface area (Å²) in [5.41, 5.74) is -0.513. The number of nitrogens with zero attached hydrogens (tertiary/aromatic N) is 7. The van der Waals surface area contributed by atoms with Crippen LogP contribution in [-0.4, -0.2) is 205 Å². The number of hydrogen-bond donors (Lipinski definition) is 7. The molecule has 0 spiro atoms. The van der Waals surface area contributed by atoms with Crippen molar-refractivity contribution in [3.05, 3.63) is 56.5 Å². The van der Waals surface area contributed by atoms with Gasteiger partial charge in [-0.15, -0.1) is 0 Å². The van der Waals surface area contributed by atoms with Gasteiger partial charge in [-0.1, -0.05) is 0 Å². The van der Waals surface area contributed by atoms with Crippen LogP contribution in [0.2, 0.25) is 0 Å². The summed E-state index contributed by atoms with van der Waals surface area (Å²) in [5.74, 6) is -6.63. The van der Waals surface area contributed by atoms with Crippen LogP contribution in [0.1, 0.15) is 29.6 Å². The van der Waals surface area contributed by atoms with Gasteiger partial charge in [0.15, 0.2) is 0 Å². The molecule has 0 radical (unpaired) electrons. The lowest BCUT2D eigenvalue weighted by Crippen LogP contribution is -2.49. The number of anilines is 2. The molecule has 23 nitrogen and oxygen atoms in total. The molecule has 0 bridgehead atoms. The van der Waals surface area contributed by atoms with Crippen LogP contribution < -0.4 is 36.9 Å². The number of hydrogen-bond acceptors (Lipinski definition) is 18. The Kier molecular flexibility index (Phi) is 19.2. The lowest BCUT2D eigenvalue weighted by Gasteiger charge is -2.32. The summed E-state index contributed by atoms with van der Waals surface area (Å²) in [6.07, 6.45) is 1.72. The van der Waals surface area contributed by atoms with Gasteiger partial charge in [-0.2, -0.15) is 5.26 Å². The summed E-state index contributed by atoms with van der Waals surface area (Å²) in [7, 11) is 0. The van der Waals surface area contributed by atoms with Crippen molar-refractivity contribution in [2.75, 3.05) is 129 Å². The highest BCUT2D eigenvalue weighted by Crippen LogP contribution is 2.31. The molecule has 1 aromatic heterocycles. The first kappa shape index (κ1) is 51.6. The Morgan fingerprint density at radius 2 is 1.40 bits per heavy atom. The van der Waals surface area contributed by atoms with Crippen LogP contribution in [0.15, 0.2) is 40.1 Å². The zero-order valence-corrected chi connectivity index (χ0v) is 36.7. The Bertz CT molecular complexity index is 2330. The van der Waals surface area contributed by atoms with E-state index in [0.29, 0.717) is 68.8 Å². The van der Waals surface area contributed by atoms with Crippen LogP contribution in [0, 0.1) is 11.3 Å². The number of carboxylic acids is 2. The van der Waals surface area contributed by atoms with Crippen molar-refractivity contribution in [3.63, 3.8) is 0 Å². The van der Waals surface area contributed by atoms with E-state index < -0.39 is 66.1 Å². The van der Waals surface area contributed by atoms with E-state index >= 15 is 0 Å². The minimum Gasteiger partial charge on any atom is -0.494 e. The first-order chi connectivity index (χ1) is 32.1. The molecule has 67 heavy (non-hydrogen) atoms. The molecule has 25 heteroatoms. The first-order valence-electron chi connectivity index (χ1n) is 21.6. The van der Waals surface area contributed by atoms with Gasteiger partial charge in [0.1, 0.15) is 29.9 Å². The van der Waals surface area contributed by atoms with Crippen molar-refractivity contribution < 1.29 is 57.8 Å². The summed E-state index contributed by atoms with van der Waals surface area (Å²) in [4.78, 5) is 103. The molecular formula is C42H55F2N11O12. The molecule has 3 aromatic rings. The fraction of sp³-hybridized carbons (Fsp3) is 0.548. The highest BCUT2D eigenvalue weighted by atomic mass is 19.3. The second-order valence-corrected chi connectivity index (χ2v) is 16.1. The maximum absolute atomic E-state index is 13.8. The monoisotopic (exact) mass is 943 g/mol. The van der Waals surface area contributed by atoms with Gasteiger partial charge in [-0.25, -0.2) is 13.7 Å². The molecule has 0 saturated carbocycles. The highest BCUT2D eigenvalue weighted by molar-refractivity contribution is 6.07. The SMILES string of the molecule is N#CC1CC(F)(F)CN1C(=O)CNC(=O)c1ccnc2ccc(OCCCCNc3c(NCCNC(=O)CN4CCN(COO)CCN(CC(=O)O)CCN(CC(=O)O)CC4)c(=O)c3=O)cc12. The molecular weight excluding hydrogens is 889 g/mol. The van der Waals surface area contributed by atoms with E-state index in [0.717, 1.165) is 4.90 Å². The molecule has 1 unspecified atom stereocenters. The third kappa shape index (κ3) is 15.6. The molecule has 2 aromatic carbocycles. The standard InChI is InChI=1S/C42H55F2N11O12/c43-42(44)20-28(21-45)55(26-42)34(57)22-50-41(64)30-5-7-46-32-4-3-29(19-31(30)32)66-18-2-1-6-48-37-38(40(63)39(37)62)49-9-8-47-33(56)23-51-10-11-52(24-35(58)59)12-13-53(25-36(60)61)15-17-54(16-14-51)27-67-65/h3-5,7,19,28,48-49,65H,1-2,6,8-18,20,22-27H2,(H,47,56)(H,50,64)(H,58,59)(H,60,61). The summed E-state index contributed by atoms with van der Waals surface area (Å²) in [5, 5.41) is 48.6. The number of likely N-dealkylation sites (tertiary alicyclic amines) is 1. The first-order valence-corrected chi connectivity index (χ1v) is 21.6. The normalized spacial score (nSPS) is 17.8. The quantitative estimate of drug-likeness (QED) is 0.0274. The maximum atomic E-state index is 13.8. The maximum Gasteiger partial charge on any atom is 0.317 e. The number of carboxylic acid groups (broad SMARTS) is 2. The number of alkyl halides is 2. The van der Waals surface area contributed by atoms with Gasteiger partial charge in [0.25, 0.3) is 22.7 Å². The average molecular weight is 944 g/mol. The van der Waals surface area contributed by atoms with Crippen molar-refractivity contribution in [1.82, 2.24) is 40.1 Å². The van der Waals surface area contributed by atoms with E-state index in [1.807, 2.05) is 4.90 Å². The van der Waals surface area contributed by atoms with Crippen molar-refractivity contribution in [2.24, 2.45) is 0 Å². The summed E-state index contributed by atoms with van der Waals surface area (Å²) in [6.45, 7) is 1.16. The van der Waals surface area contributed by atoms with E-state index in [2.05, 4.69) is 31.1 Å². The lowest BCUT2D eigenvalue weighted by atomic mass is 10.1. The fourth-order valence-electron chi connectivity index (χ4n) is 7.61. The van der Waals surface area contributed by atoms with Gasteiger partial charge < -0.3 is 41.1 Å². The molecule has 3 amide bonds. The fourth-order valence-corrected chi connectivity index (χ4v) is 7.61. The van der Waals surface area contributed by atoms with Gasteiger partial charge in [-0.3, -0.25) is 63.4 Å². The van der Waals surface area contributed by atoms with Gasteiger partial charge >= 0.3 is 11.9 Å². The smallest absolute Gasteiger partial charge is 0.317 e. The van der Waals surface area contributed by atoms with Crippen LogP contribution in [0.3, 0.4) is 0 Å². The minimum atomic E-state index is -3.19. The van der Waals surface area contributed by atoms with Crippen LogP contribution in [-0.2, 0) is 24.1 Å². The molecule has 364 valence electrons. The molecule has 5 rings (SSSR count). The zero-order chi connectivity index (χ0) is 48.5. The number of fused-ring (bicyclic) bond motifs is 1. The summed E-state index contributed by atoms with van der Waals surface area (Å²) >= 11 is 0. The number of pyridine rings is 1. The van der Waals surface area contributed by atoms with Gasteiger partial charge in [0.05, 0.1) is 56.5 Å². The van der Waals surface area contributed by atoms with Crippen molar-refractivity contribution in [1.29, 1.82) is 5.26 Å². The number of carbonyl (C=O) groups is 5. The van der Waals surface area contributed by atoms with Crippen molar-refractivity contribution in [2.45, 2.75) is 31.2 Å². The van der Waals surface area contributed by atoms with E-state index in [-0.39, 0.29) is 88.5 Å². The molecule has 3 heterocycles. The number of amides is 3. The van der Waals surface area contributed by atoms with E-state index in [1.165, 1.54) is 12.3 Å². The van der Waals surface area contributed by atoms with Crippen molar-refractivity contribution in [3.8, 4) is 11.8 Å². The minimum absolute atomic E-state index is 0.0457. The number of nitriles is 1. The largest absolute Gasteiger partial charge is 0.494 e. The van der Waals surface area contributed by atoms with Crippen LogP contribution in [0.4, 0.5) is 20.2 Å². The molecule has 2 aliphatic heterocycles. The predicted octanol–water partition coefficient (Wildman–Crippen LogP) is -1.04. The second kappa shape index (κ2) is 24.9. The molecule has 2 saturated heterocycles. The Labute approximate surface area is 382 Å². The highest BCUT2D eigenvalue weighted by Gasteiger charge is 2.47. The average Bonchev–Trinajstić information content (AvgIpc) is 3.62. The molecule has 2 aliphatic rings. The summed E-state index contributed by atoms with van der Waals surface area (Å²) < 4.78 is 33.5. The Morgan fingerprint density at radius 3 is 2.00 bits per heavy atom. The number of nitrogens with one attached hydrogen (secondary N) is 4. The number of halogens is 2. The number of aliphatic carboxylic acids is 2. The Morgan fingerprint density at radius 1 is 0.806 bits per heavy atom. The number of benzene rings is 1. The van der Waals surface area contributed by atoms with Gasteiger partial charge in [-0.05, 0) is 37.1 Å². The third-order valence-corrected chi connectivity index (χ3v) is 11.2. The number of unbranched alkanes of at least 4 members (excludes halogenated alkanes) is 1. The van der Waals surface area contributed by atoms with Crippen LogP contribution in [0.5, 0.6) is 5.75 Å². The molecule has 2 fully saturated rings. The molecule has 7 N–H and O–H groups in total. The van der Waals surface area contributed by atoms with E-state index in [1.54, 1.807) is 39.0 Å². The van der Waals surface area contributed by atoms with Crippen LogP contribution in [0.25, 0.3) is 10.9 Å². The predicted molar refractivity (Wildman–Crippen MR) is 236 cm³/mol. The van der Waals surface area contributed by atoms with Crippen molar-refractivity contribution >= 4 is 51.9 Å². The molecule has 0 aliphatic carbocycles. The number of carbonyl (C=O) groups excluding carboxylic acids is 3. The summed E-state index contributed by atoms with van der Waals surface area (Å²) in [6, 6.07) is 6.78. The zero-order valence-electron chi connectivity index (χ0n) is 36.7. The van der Waals surface area contributed by atoms with Crippen LogP contribution >= 0.6 is 0 Å². The Balaban J connectivity index is 1.03. The number of aromatic nitrogens is 1. The number of rotatable bonds is 22. The van der Waals surface area contributed by atoms with Gasteiger partial charge in [0, 0.05) is 90.0 Å². The van der Waals surface area contributed by atoms with Gasteiger partial charge in [0.2, 0.25) is 11.8 Å². The van der Waals surface area contributed by atoms with E-state index in [9.17, 15) is 57.8 Å². The van der Waals surface area contributed by atoms with E-state index in [4.69, 9.17) is 9.99 Å². The second-order valence-electron chi connectivity index (χ2n) is 16.1. The molecule has 1 atom stereocenters. The lowest BCUT2D eigenvalue weighted by molar-refractivity contribution is -0.269. The topological polar surface area (TPSA) is 300 Å². The third-order valence-electron chi connectivity index (χ3n) is 11.2. The number of ether oxygens (including phenoxy) is 1. The Hall–Kier alpha value is -6.43.